The van der Waals surface area contributed by atoms with E-state index in [0.717, 1.165) is 40.7 Å². The molecule has 4 aromatic heterocycles. The Morgan fingerprint density at radius 1 is 0.495 bits per heavy atom. The Kier molecular flexibility index (Phi) is 44.3. The summed E-state index contributed by atoms with van der Waals surface area (Å²) in [7, 11) is 0. The van der Waals surface area contributed by atoms with Gasteiger partial charge in [0.05, 0.1) is 33.7 Å². The van der Waals surface area contributed by atoms with Gasteiger partial charge < -0.3 is 68.4 Å². The molecule has 4 aliphatic heterocycles. The summed E-state index contributed by atoms with van der Waals surface area (Å²) in [5, 5.41) is 12.6. The molecule has 0 aliphatic carbocycles. The molecule has 0 spiro atoms. The number of aromatic nitrogens is 8. The first kappa shape index (κ1) is 90.2. The van der Waals surface area contributed by atoms with Crippen molar-refractivity contribution in [2.24, 2.45) is 0 Å². The van der Waals surface area contributed by atoms with Crippen LogP contribution in [0.5, 0.6) is 11.5 Å². The standard InChI is InChI=1S/C20H26N4O3.C13H19BrN4O2.C13H20N4O3.C9H18N2O2.C4H2BrClN2.CH4.I3.I2.HI/c1-20(2,3)27-19(25)24-11-9-23(10-12-24)18-21-13-17(14-22-18)26-15-16-7-5-4-6-8-16;1-13(2,3)20-12(19)18-6-4-17(5-7-18)11-15-8-10(14)9-16-11;1-13(2,3)20-12(19)17-6-4-16(5-7-17)11-14-8-10(18)9-15-11;1-9(2,3)13-8(12)11-6-4-10-5-7-11;5-3-1-7-4(6)8-2-3;;1-3-2;1-2;/h4-8,13-14H,9-12,15H2,1-3H3;8-9H,4-7H2,1-3H3;8-9,18H,4-7H2,1-3H3;10H,4-7H2,1-3H3;1-2H;1H4;;;1H/q;;;;;;-1;;. The molecule has 4 saturated heterocycles. The van der Waals surface area contributed by atoms with Crippen molar-refractivity contribution in [3.05, 3.63) is 99.7 Å². The van der Waals surface area contributed by atoms with Crippen LogP contribution in [0.2, 0.25) is 5.28 Å². The monoisotopic (exact) mass is 2150 g/mol. The molecule has 8 heterocycles. The Bertz CT molecular complexity index is 2830. The van der Waals surface area contributed by atoms with Crippen molar-refractivity contribution < 1.29 is 61.2 Å². The van der Waals surface area contributed by atoms with Gasteiger partial charge in [0.25, 0.3) is 0 Å². The molecule has 35 heteroatoms. The third-order valence-electron chi connectivity index (χ3n) is 12.1. The van der Waals surface area contributed by atoms with Crippen molar-refractivity contribution in [3.63, 3.8) is 0 Å². The van der Waals surface area contributed by atoms with Crippen LogP contribution in [0.1, 0.15) is 96.1 Å². The van der Waals surface area contributed by atoms with Crippen LogP contribution >= 0.6 is 142 Å². The van der Waals surface area contributed by atoms with E-state index in [1.807, 2.05) is 118 Å². The maximum atomic E-state index is 12.1. The maximum absolute atomic E-state index is 12.1. The molecule has 0 atom stereocenters. The number of ether oxygens (including phenoxy) is 5. The fourth-order valence-corrected chi connectivity index (χ4v) is 8.46. The second kappa shape index (κ2) is 46.6. The number of hydrogen-bond donors (Lipinski definition) is 2. The number of rotatable bonds is 6. The van der Waals surface area contributed by atoms with Gasteiger partial charge in [-0.05, 0) is 132 Å². The topological polar surface area (TPSA) is 272 Å². The summed E-state index contributed by atoms with van der Waals surface area (Å²) in [5.74, 6) is 2.57. The zero-order valence-electron chi connectivity index (χ0n) is 54.8. The molecule has 2 N–H and O–H groups in total. The van der Waals surface area contributed by atoms with E-state index in [1.54, 1.807) is 56.8 Å². The molecular formula is C60H90Br2ClI6N16O10-. The van der Waals surface area contributed by atoms with E-state index in [2.05, 4.69) is 161 Å². The Morgan fingerprint density at radius 2 is 0.768 bits per heavy atom. The van der Waals surface area contributed by atoms with Gasteiger partial charge in [-0.25, -0.2) is 59.0 Å². The van der Waals surface area contributed by atoms with E-state index in [1.165, 1.54) is 12.4 Å². The molecule has 4 amide bonds. The van der Waals surface area contributed by atoms with Gasteiger partial charge in [0.2, 0.25) is 23.1 Å². The number of carbonyl (C=O) groups is 4. The average Bonchev–Trinajstić information content (AvgIpc) is 0.921. The van der Waals surface area contributed by atoms with Crippen molar-refractivity contribution in [2.75, 3.05) is 119 Å². The summed E-state index contributed by atoms with van der Waals surface area (Å²) in [4.78, 5) is 93.3. The summed E-state index contributed by atoms with van der Waals surface area (Å²) < 4.78 is 28.8. The van der Waals surface area contributed by atoms with E-state index in [-0.39, 0.29) is 72.4 Å². The Morgan fingerprint density at radius 3 is 1.06 bits per heavy atom. The number of amides is 4. The van der Waals surface area contributed by atoms with Crippen LogP contribution in [0.3, 0.4) is 0 Å². The summed E-state index contributed by atoms with van der Waals surface area (Å²) >= 11 is 21.4. The third kappa shape index (κ3) is 39.1. The molecule has 26 nitrogen and oxygen atoms in total. The SMILES string of the molecule is C.CC(C)(C)OC(=O)N1CCN(c2ncc(Br)cn2)CC1.CC(C)(C)OC(=O)N1CCN(c2ncc(O)cn2)CC1.CC(C)(C)OC(=O)N1CCN(c2ncc(OCc3ccccc3)cn2)CC1.CC(C)(C)OC(=O)N1CCNCC1.Clc1ncc(Br)cn1.I.II.I[I-]I. The van der Waals surface area contributed by atoms with Crippen molar-refractivity contribution >= 4 is 184 Å². The van der Waals surface area contributed by atoms with Crippen LogP contribution < -0.4 is 38.0 Å². The number of nitrogens with zero attached hydrogens (tertiary/aromatic N) is 15. The van der Waals surface area contributed by atoms with Crippen molar-refractivity contribution in [2.45, 2.75) is 120 Å². The average molecular weight is 2150 g/mol. The van der Waals surface area contributed by atoms with Gasteiger partial charge in [0.15, 0.2) is 11.5 Å². The first-order chi connectivity index (χ1) is 43.8. The number of aromatic hydroxyl groups is 1. The molecule has 534 valence electrons. The normalized spacial score (nSPS) is 14.6. The van der Waals surface area contributed by atoms with E-state index < -0.39 is 16.8 Å². The van der Waals surface area contributed by atoms with Gasteiger partial charge in [0, 0.05) is 167 Å². The summed E-state index contributed by atoms with van der Waals surface area (Å²) in [6, 6.07) is 9.97. The number of nitrogens with one attached hydrogen (secondary N) is 1. The molecule has 0 radical (unpaired) electrons. The van der Waals surface area contributed by atoms with Gasteiger partial charge in [-0.1, -0.05) is 37.8 Å². The first-order valence-corrected chi connectivity index (χ1v) is 50.1. The van der Waals surface area contributed by atoms with Crippen LogP contribution in [0.25, 0.3) is 0 Å². The van der Waals surface area contributed by atoms with Gasteiger partial charge >= 0.3 is 74.9 Å². The number of benzene rings is 1. The van der Waals surface area contributed by atoms with Gasteiger partial charge in [0.1, 0.15) is 29.0 Å². The fraction of sp³-hybridized carbons (Fsp3) is 0.567. The second-order valence-corrected chi connectivity index (χ2v) is 42.7. The van der Waals surface area contributed by atoms with Crippen molar-refractivity contribution in [3.8, 4) is 11.5 Å². The Labute approximate surface area is 652 Å². The predicted molar refractivity (Wildman–Crippen MR) is 420 cm³/mol. The van der Waals surface area contributed by atoms with E-state index in [9.17, 15) is 19.2 Å². The molecule has 4 aliphatic rings. The Hall–Kier alpha value is -2.79. The van der Waals surface area contributed by atoms with Gasteiger partial charge in [-0.15, -0.1) is 24.0 Å². The molecular weight excluding hydrogens is 2060 g/mol. The van der Waals surface area contributed by atoms with Crippen molar-refractivity contribution in [1.82, 2.24) is 64.8 Å². The molecule has 1 aromatic carbocycles. The summed E-state index contributed by atoms with van der Waals surface area (Å²) in [6.07, 6.45) is 11.7. The van der Waals surface area contributed by atoms with Gasteiger partial charge in [-0.2, -0.15) is 0 Å². The number of hydrogen-bond acceptors (Lipinski definition) is 22. The molecule has 5 aromatic rings. The second-order valence-electron chi connectivity index (χ2n) is 24.2. The minimum absolute atomic E-state index is 0. The van der Waals surface area contributed by atoms with Gasteiger partial charge in [-0.3, -0.25) is 0 Å². The van der Waals surface area contributed by atoms with Crippen molar-refractivity contribution in [1.29, 1.82) is 0 Å². The molecule has 9 rings (SSSR count). The number of piperazine rings is 4. The number of carbonyl (C=O) groups excluding carboxylic acids is 4. The molecule has 4 fully saturated rings. The summed E-state index contributed by atoms with van der Waals surface area (Å²) in [5.41, 5.74) is -0.702. The predicted octanol–water partition coefficient (Wildman–Crippen LogP) is 11.2. The fourth-order valence-electron chi connectivity index (χ4n) is 7.95. The number of anilines is 3. The van der Waals surface area contributed by atoms with E-state index in [0.29, 0.717) is 122 Å². The zero-order chi connectivity index (χ0) is 69.4. The quantitative estimate of drug-likeness (QED) is 0.0908. The molecule has 95 heavy (non-hydrogen) atoms. The Balaban J connectivity index is 0.000000603. The first-order valence-electron chi connectivity index (χ1n) is 29.3. The van der Waals surface area contributed by atoms with Crippen LogP contribution in [0.4, 0.5) is 37.0 Å². The molecule has 0 bridgehead atoms. The molecule has 0 unspecified atom stereocenters. The zero-order valence-corrected chi connectivity index (χ0v) is 71.8. The van der Waals surface area contributed by atoms with Crippen LogP contribution in [0.15, 0.2) is 88.9 Å². The minimum atomic E-state index is -0.479. The summed E-state index contributed by atoms with van der Waals surface area (Å²) in [6.45, 7) is 33.7. The molecule has 0 saturated carbocycles. The van der Waals surface area contributed by atoms with Crippen LogP contribution in [0, 0.1) is 0 Å². The van der Waals surface area contributed by atoms with E-state index in [4.69, 9.17) is 40.4 Å². The number of halogens is 9. The van der Waals surface area contributed by atoms with Crippen LogP contribution in [-0.4, -0.2) is 216 Å². The van der Waals surface area contributed by atoms with E-state index >= 15 is 0 Å². The third-order valence-corrected chi connectivity index (χ3v) is 13.1. The van der Waals surface area contributed by atoms with Crippen LogP contribution in [-0.2, 0) is 25.6 Å².